The Hall–Kier alpha value is -3.19. The van der Waals surface area contributed by atoms with Gasteiger partial charge >= 0.3 is 0 Å². The SMILES string of the molecule is O=C1CCC(N2C(=O)c3cccc(NC(=O)CCOCCOCCOCCO)c3C2=O)C(=O)N1. The third-order valence-corrected chi connectivity index (χ3v) is 5.20. The monoisotopic (exact) mass is 477 g/mol. The number of piperidine rings is 1. The number of aliphatic hydroxyl groups is 1. The molecule has 34 heavy (non-hydrogen) atoms. The lowest BCUT2D eigenvalue weighted by atomic mass is 10.0. The van der Waals surface area contributed by atoms with Gasteiger partial charge < -0.3 is 24.6 Å². The highest BCUT2D eigenvalue weighted by molar-refractivity contribution is 6.26. The number of hydrogen-bond acceptors (Lipinski definition) is 9. The second kappa shape index (κ2) is 12.3. The van der Waals surface area contributed by atoms with Gasteiger partial charge in [-0.05, 0) is 18.6 Å². The van der Waals surface area contributed by atoms with Gasteiger partial charge in [0.1, 0.15) is 6.04 Å². The van der Waals surface area contributed by atoms with Gasteiger partial charge in [0, 0.05) is 6.42 Å². The van der Waals surface area contributed by atoms with Crippen molar-refractivity contribution in [1.29, 1.82) is 0 Å². The minimum Gasteiger partial charge on any atom is -0.394 e. The molecule has 2 heterocycles. The van der Waals surface area contributed by atoms with E-state index in [2.05, 4.69) is 10.6 Å². The van der Waals surface area contributed by atoms with Gasteiger partial charge in [0.15, 0.2) is 0 Å². The van der Waals surface area contributed by atoms with Crippen LogP contribution in [-0.2, 0) is 28.6 Å². The Morgan fingerprint density at radius 2 is 1.68 bits per heavy atom. The number of anilines is 1. The van der Waals surface area contributed by atoms with Crippen molar-refractivity contribution in [3.8, 4) is 0 Å². The van der Waals surface area contributed by atoms with E-state index in [1.165, 1.54) is 18.2 Å². The molecule has 0 aromatic heterocycles. The number of benzene rings is 1. The van der Waals surface area contributed by atoms with E-state index < -0.39 is 35.6 Å². The average molecular weight is 477 g/mol. The topological polar surface area (TPSA) is 161 Å². The smallest absolute Gasteiger partial charge is 0.264 e. The third-order valence-electron chi connectivity index (χ3n) is 5.20. The van der Waals surface area contributed by atoms with Crippen molar-refractivity contribution in [3.63, 3.8) is 0 Å². The lowest BCUT2D eigenvalue weighted by Gasteiger charge is -2.27. The standard InChI is InChI=1S/C22H27N3O9/c26-7-9-33-11-13-34-12-10-32-8-6-18(28)23-15-3-1-2-14-19(15)22(31)25(21(14)30)16-4-5-17(27)24-20(16)29/h1-3,16,26H,4-13H2,(H,23,28)(H,24,27,29). The van der Waals surface area contributed by atoms with Gasteiger partial charge in [0.25, 0.3) is 11.8 Å². The minimum absolute atomic E-state index is 0.0161. The Kier molecular flexibility index (Phi) is 9.22. The lowest BCUT2D eigenvalue weighted by molar-refractivity contribution is -0.136. The van der Waals surface area contributed by atoms with Crippen molar-refractivity contribution in [2.75, 3.05) is 51.6 Å². The summed E-state index contributed by atoms with van der Waals surface area (Å²) in [5.74, 6) is -2.90. The van der Waals surface area contributed by atoms with Crippen LogP contribution in [0.2, 0.25) is 0 Å². The van der Waals surface area contributed by atoms with E-state index in [0.29, 0.717) is 19.8 Å². The molecule has 0 spiro atoms. The lowest BCUT2D eigenvalue weighted by Crippen LogP contribution is -2.54. The Morgan fingerprint density at radius 3 is 2.35 bits per heavy atom. The number of nitrogens with zero attached hydrogens (tertiary/aromatic N) is 1. The molecule has 12 heteroatoms. The Morgan fingerprint density at radius 1 is 1.00 bits per heavy atom. The first kappa shape index (κ1) is 25.4. The zero-order valence-electron chi connectivity index (χ0n) is 18.5. The predicted molar refractivity (Wildman–Crippen MR) is 116 cm³/mol. The number of carbonyl (C=O) groups excluding carboxylic acids is 5. The molecule has 1 aromatic rings. The van der Waals surface area contributed by atoms with Gasteiger partial charge in [-0.1, -0.05) is 6.07 Å². The van der Waals surface area contributed by atoms with Crippen LogP contribution in [0.1, 0.15) is 40.0 Å². The van der Waals surface area contributed by atoms with E-state index in [0.717, 1.165) is 4.90 Å². The van der Waals surface area contributed by atoms with Crippen LogP contribution in [0.4, 0.5) is 5.69 Å². The van der Waals surface area contributed by atoms with Gasteiger partial charge in [-0.3, -0.25) is 34.2 Å². The normalized spacial score (nSPS) is 17.7. The van der Waals surface area contributed by atoms with Crippen LogP contribution >= 0.6 is 0 Å². The summed E-state index contributed by atoms with van der Waals surface area (Å²) < 4.78 is 15.7. The molecule has 0 aliphatic carbocycles. The van der Waals surface area contributed by atoms with Crippen LogP contribution in [0.3, 0.4) is 0 Å². The first-order valence-corrected chi connectivity index (χ1v) is 10.9. The summed E-state index contributed by atoms with van der Waals surface area (Å²) in [4.78, 5) is 62.6. The molecule has 1 saturated heterocycles. The van der Waals surface area contributed by atoms with E-state index in [9.17, 15) is 24.0 Å². The first-order chi connectivity index (χ1) is 16.4. The molecule has 2 aliphatic rings. The van der Waals surface area contributed by atoms with Crippen LogP contribution in [0.5, 0.6) is 0 Å². The van der Waals surface area contributed by atoms with Crippen molar-refractivity contribution >= 4 is 35.2 Å². The van der Waals surface area contributed by atoms with Crippen LogP contribution in [0, 0.1) is 0 Å². The molecule has 1 aromatic carbocycles. The van der Waals surface area contributed by atoms with Crippen LogP contribution in [0.25, 0.3) is 0 Å². The number of aliphatic hydroxyl groups excluding tert-OH is 1. The number of hydrogen-bond donors (Lipinski definition) is 3. The molecule has 0 radical (unpaired) electrons. The number of fused-ring (bicyclic) bond motifs is 1. The van der Waals surface area contributed by atoms with E-state index in [1.54, 1.807) is 0 Å². The molecule has 3 N–H and O–H groups in total. The summed E-state index contributed by atoms with van der Waals surface area (Å²) in [5.41, 5.74) is 0.272. The van der Waals surface area contributed by atoms with Crippen molar-refractivity contribution in [1.82, 2.24) is 10.2 Å². The maximum Gasteiger partial charge on any atom is 0.264 e. The second-order valence-corrected chi connectivity index (χ2v) is 7.53. The molecule has 0 bridgehead atoms. The fourth-order valence-electron chi connectivity index (χ4n) is 3.60. The molecule has 12 nitrogen and oxygen atoms in total. The molecule has 2 aliphatic heterocycles. The molecule has 5 amide bonds. The van der Waals surface area contributed by atoms with Gasteiger partial charge in [-0.25, -0.2) is 0 Å². The highest BCUT2D eigenvalue weighted by Crippen LogP contribution is 2.32. The van der Waals surface area contributed by atoms with Crippen molar-refractivity contribution < 1.29 is 43.3 Å². The highest BCUT2D eigenvalue weighted by atomic mass is 16.5. The molecule has 184 valence electrons. The number of ether oxygens (including phenoxy) is 3. The molecule has 1 fully saturated rings. The summed E-state index contributed by atoms with van der Waals surface area (Å²) in [6.07, 6.45) is 0.0901. The van der Waals surface area contributed by atoms with Gasteiger partial charge in [0.05, 0.1) is 69.5 Å². The first-order valence-electron chi connectivity index (χ1n) is 10.9. The minimum atomic E-state index is -1.08. The maximum absolute atomic E-state index is 13.0. The number of amides is 5. The Balaban J connectivity index is 1.48. The number of nitrogens with one attached hydrogen (secondary N) is 2. The van der Waals surface area contributed by atoms with E-state index in [4.69, 9.17) is 19.3 Å². The van der Waals surface area contributed by atoms with E-state index in [1.807, 2.05) is 0 Å². The number of imide groups is 2. The summed E-state index contributed by atoms with van der Waals surface area (Å²) in [6, 6.07) is 3.41. The fourth-order valence-corrected chi connectivity index (χ4v) is 3.60. The largest absolute Gasteiger partial charge is 0.394 e. The summed E-state index contributed by atoms with van der Waals surface area (Å²) >= 11 is 0. The van der Waals surface area contributed by atoms with Crippen LogP contribution in [0.15, 0.2) is 18.2 Å². The van der Waals surface area contributed by atoms with Gasteiger partial charge in [-0.2, -0.15) is 0 Å². The van der Waals surface area contributed by atoms with Crippen LogP contribution in [-0.4, -0.2) is 91.8 Å². The fraction of sp³-hybridized carbons (Fsp3) is 0.500. The molecular formula is C22H27N3O9. The van der Waals surface area contributed by atoms with E-state index in [-0.39, 0.29) is 62.5 Å². The average Bonchev–Trinajstić information content (AvgIpc) is 3.06. The predicted octanol–water partition coefficient (Wildman–Crippen LogP) is -0.541. The van der Waals surface area contributed by atoms with Gasteiger partial charge in [-0.15, -0.1) is 0 Å². The van der Waals surface area contributed by atoms with Crippen molar-refractivity contribution in [3.05, 3.63) is 29.3 Å². The molecule has 0 saturated carbocycles. The van der Waals surface area contributed by atoms with Gasteiger partial charge in [0.2, 0.25) is 17.7 Å². The summed E-state index contributed by atoms with van der Waals surface area (Å²) in [5, 5.41) is 13.3. The third kappa shape index (κ3) is 6.23. The highest BCUT2D eigenvalue weighted by Gasteiger charge is 2.45. The molecular weight excluding hydrogens is 450 g/mol. The molecule has 1 atom stereocenters. The molecule has 1 unspecified atom stereocenters. The van der Waals surface area contributed by atoms with Crippen LogP contribution < -0.4 is 10.6 Å². The molecule has 3 rings (SSSR count). The quantitative estimate of drug-likeness (QED) is 0.250. The summed E-state index contributed by atoms with van der Waals surface area (Å²) in [6.45, 7) is 1.68. The second-order valence-electron chi connectivity index (χ2n) is 7.53. The zero-order valence-corrected chi connectivity index (χ0v) is 18.5. The van der Waals surface area contributed by atoms with E-state index >= 15 is 0 Å². The Labute approximate surface area is 195 Å². The summed E-state index contributed by atoms with van der Waals surface area (Å²) in [7, 11) is 0. The zero-order chi connectivity index (χ0) is 24.5. The maximum atomic E-state index is 13.0. The number of rotatable bonds is 13. The Bertz CT molecular complexity index is 950. The van der Waals surface area contributed by atoms with Crippen molar-refractivity contribution in [2.24, 2.45) is 0 Å². The number of carbonyl (C=O) groups is 5. The van der Waals surface area contributed by atoms with Crippen molar-refractivity contribution in [2.45, 2.75) is 25.3 Å².